The molecule has 0 amide bonds. The number of nitrogens with zero attached hydrogens (tertiary/aromatic N) is 1. The highest BCUT2D eigenvalue weighted by molar-refractivity contribution is 4.77. The summed E-state index contributed by atoms with van der Waals surface area (Å²) >= 11 is 0. The Labute approximate surface area is 102 Å². The molecule has 16 heavy (non-hydrogen) atoms. The third-order valence-corrected chi connectivity index (χ3v) is 3.52. The van der Waals surface area contributed by atoms with Crippen LogP contribution in [-0.4, -0.2) is 35.7 Å². The van der Waals surface area contributed by atoms with Crippen molar-refractivity contribution in [1.82, 2.24) is 4.90 Å². The summed E-state index contributed by atoms with van der Waals surface area (Å²) in [5.74, 6) is 0. The third kappa shape index (κ3) is 7.24. The molecule has 98 valence electrons. The van der Waals surface area contributed by atoms with Crippen molar-refractivity contribution in [3.63, 3.8) is 0 Å². The molecule has 1 N–H and O–H groups in total. The molecule has 0 aromatic heterocycles. The molecule has 0 saturated heterocycles. The van der Waals surface area contributed by atoms with Crippen LogP contribution >= 0.6 is 0 Å². The fourth-order valence-electron chi connectivity index (χ4n) is 1.73. The van der Waals surface area contributed by atoms with E-state index in [0.717, 1.165) is 6.54 Å². The molecule has 0 heterocycles. The average molecular weight is 229 g/mol. The number of likely N-dealkylation sites (N-methyl/N-ethyl adjacent to an activating group) is 1. The van der Waals surface area contributed by atoms with Crippen LogP contribution in [0, 0.1) is 0 Å². The second-order valence-electron chi connectivity index (χ2n) is 5.51. The highest BCUT2D eigenvalue weighted by Gasteiger charge is 2.21. The molecule has 0 bridgehead atoms. The van der Waals surface area contributed by atoms with Gasteiger partial charge in [0.2, 0.25) is 0 Å². The second-order valence-corrected chi connectivity index (χ2v) is 5.51. The van der Waals surface area contributed by atoms with E-state index < -0.39 is 0 Å². The van der Waals surface area contributed by atoms with Gasteiger partial charge >= 0.3 is 0 Å². The Kier molecular flexibility index (Phi) is 8.96. The highest BCUT2D eigenvalue weighted by atomic mass is 16.3. The van der Waals surface area contributed by atoms with Crippen molar-refractivity contribution >= 4 is 0 Å². The van der Waals surface area contributed by atoms with Gasteiger partial charge in [-0.3, -0.25) is 4.90 Å². The fraction of sp³-hybridized carbons (Fsp3) is 1.00. The minimum Gasteiger partial charge on any atom is -0.394 e. The lowest BCUT2D eigenvalue weighted by Gasteiger charge is -2.33. The normalized spacial score (nSPS) is 12.4. The molecule has 2 nitrogen and oxygen atoms in total. The van der Waals surface area contributed by atoms with Crippen molar-refractivity contribution < 1.29 is 5.11 Å². The quantitative estimate of drug-likeness (QED) is 0.580. The zero-order valence-corrected chi connectivity index (χ0v) is 11.8. The SMILES string of the molecule is CCCCCCCCCN(C)C(C)(C)CO. The first-order chi connectivity index (χ1) is 7.54. The van der Waals surface area contributed by atoms with Crippen LogP contribution in [0.5, 0.6) is 0 Å². The van der Waals surface area contributed by atoms with Crippen LogP contribution in [0.2, 0.25) is 0 Å². The minimum absolute atomic E-state index is 0.0673. The van der Waals surface area contributed by atoms with Gasteiger partial charge in [-0.1, -0.05) is 45.4 Å². The number of rotatable bonds is 10. The summed E-state index contributed by atoms with van der Waals surface area (Å²) in [4.78, 5) is 2.26. The molecule has 0 atom stereocenters. The number of hydrogen-bond donors (Lipinski definition) is 1. The largest absolute Gasteiger partial charge is 0.394 e. The molecule has 0 saturated carbocycles. The number of hydrogen-bond acceptors (Lipinski definition) is 2. The maximum absolute atomic E-state index is 9.22. The van der Waals surface area contributed by atoms with Crippen LogP contribution in [0.25, 0.3) is 0 Å². The standard InChI is InChI=1S/C14H31NO/c1-5-6-7-8-9-10-11-12-15(4)14(2,3)13-16/h16H,5-13H2,1-4H3. The van der Waals surface area contributed by atoms with Gasteiger partial charge in [0, 0.05) is 5.54 Å². The molecule has 0 aliphatic rings. The first-order valence-corrected chi connectivity index (χ1v) is 6.86. The van der Waals surface area contributed by atoms with E-state index in [1.807, 2.05) is 0 Å². The van der Waals surface area contributed by atoms with E-state index in [1.54, 1.807) is 0 Å². The molecule has 0 aromatic rings. The first kappa shape index (κ1) is 15.9. The Hall–Kier alpha value is -0.0800. The van der Waals surface area contributed by atoms with Gasteiger partial charge in [-0.15, -0.1) is 0 Å². The smallest absolute Gasteiger partial charge is 0.0609 e. The second kappa shape index (κ2) is 9.00. The molecule has 2 heteroatoms. The van der Waals surface area contributed by atoms with Crippen LogP contribution in [0.1, 0.15) is 65.7 Å². The van der Waals surface area contributed by atoms with Gasteiger partial charge < -0.3 is 5.11 Å². The number of aliphatic hydroxyl groups excluding tert-OH is 1. The minimum atomic E-state index is -0.0673. The van der Waals surface area contributed by atoms with Crippen molar-refractivity contribution in [2.45, 2.75) is 71.3 Å². The molecule has 0 unspecified atom stereocenters. The van der Waals surface area contributed by atoms with Crippen molar-refractivity contribution in [3.05, 3.63) is 0 Å². The summed E-state index contributed by atoms with van der Waals surface area (Å²) in [6, 6.07) is 0. The van der Waals surface area contributed by atoms with Crippen LogP contribution in [0.15, 0.2) is 0 Å². The van der Waals surface area contributed by atoms with E-state index in [4.69, 9.17) is 0 Å². The lowest BCUT2D eigenvalue weighted by Crippen LogP contribution is -2.44. The molecule has 0 aromatic carbocycles. The fourth-order valence-corrected chi connectivity index (χ4v) is 1.73. The van der Waals surface area contributed by atoms with Crippen LogP contribution in [-0.2, 0) is 0 Å². The van der Waals surface area contributed by atoms with E-state index >= 15 is 0 Å². The molecule has 0 fully saturated rings. The third-order valence-electron chi connectivity index (χ3n) is 3.52. The Morgan fingerprint density at radius 3 is 1.94 bits per heavy atom. The summed E-state index contributed by atoms with van der Waals surface area (Å²) in [7, 11) is 2.10. The summed E-state index contributed by atoms with van der Waals surface area (Å²) in [5.41, 5.74) is -0.0673. The average Bonchev–Trinajstić information content (AvgIpc) is 2.27. The highest BCUT2D eigenvalue weighted by Crippen LogP contribution is 2.13. The predicted molar refractivity (Wildman–Crippen MR) is 71.8 cm³/mol. The Morgan fingerprint density at radius 2 is 1.44 bits per heavy atom. The molecule has 0 spiro atoms. The van der Waals surface area contributed by atoms with E-state index in [0.29, 0.717) is 0 Å². The Bertz CT molecular complexity index is 157. The summed E-state index contributed by atoms with van der Waals surface area (Å²) in [6.45, 7) is 7.77. The van der Waals surface area contributed by atoms with Crippen LogP contribution < -0.4 is 0 Å². The van der Waals surface area contributed by atoms with Crippen molar-refractivity contribution in [2.24, 2.45) is 0 Å². The molecule has 0 aliphatic carbocycles. The lowest BCUT2D eigenvalue weighted by atomic mass is 10.0. The van der Waals surface area contributed by atoms with Crippen molar-refractivity contribution in [3.8, 4) is 0 Å². The molecule has 0 rings (SSSR count). The molecular formula is C14H31NO. The number of aliphatic hydroxyl groups is 1. The van der Waals surface area contributed by atoms with Gasteiger partial charge in [0.1, 0.15) is 0 Å². The van der Waals surface area contributed by atoms with E-state index in [9.17, 15) is 5.11 Å². The van der Waals surface area contributed by atoms with Gasteiger partial charge in [-0.2, -0.15) is 0 Å². The Balaban J connectivity index is 3.38. The van der Waals surface area contributed by atoms with Gasteiger partial charge in [0.05, 0.1) is 6.61 Å². The first-order valence-electron chi connectivity index (χ1n) is 6.86. The van der Waals surface area contributed by atoms with Gasteiger partial charge in [0.25, 0.3) is 0 Å². The number of unbranched alkanes of at least 4 members (excludes halogenated alkanes) is 6. The lowest BCUT2D eigenvalue weighted by molar-refractivity contribution is 0.0776. The topological polar surface area (TPSA) is 23.5 Å². The summed E-state index contributed by atoms with van der Waals surface area (Å²) in [5, 5.41) is 9.22. The maximum atomic E-state index is 9.22. The van der Waals surface area contributed by atoms with Crippen LogP contribution in [0.3, 0.4) is 0 Å². The molecular weight excluding hydrogens is 198 g/mol. The summed E-state index contributed by atoms with van der Waals surface area (Å²) < 4.78 is 0. The van der Waals surface area contributed by atoms with Gasteiger partial charge in [-0.25, -0.2) is 0 Å². The van der Waals surface area contributed by atoms with E-state index in [2.05, 4.69) is 32.7 Å². The van der Waals surface area contributed by atoms with E-state index in [1.165, 1.54) is 44.9 Å². The predicted octanol–water partition coefficient (Wildman–Crippen LogP) is 3.44. The zero-order chi connectivity index (χ0) is 12.4. The zero-order valence-electron chi connectivity index (χ0n) is 11.8. The monoisotopic (exact) mass is 229 g/mol. The maximum Gasteiger partial charge on any atom is 0.0609 e. The molecule has 0 radical (unpaired) electrons. The van der Waals surface area contributed by atoms with Crippen LogP contribution in [0.4, 0.5) is 0 Å². The molecule has 0 aliphatic heterocycles. The van der Waals surface area contributed by atoms with Gasteiger partial charge in [0.15, 0.2) is 0 Å². The summed E-state index contributed by atoms with van der Waals surface area (Å²) in [6.07, 6.45) is 9.45. The van der Waals surface area contributed by atoms with Crippen molar-refractivity contribution in [2.75, 3.05) is 20.2 Å². The van der Waals surface area contributed by atoms with Crippen molar-refractivity contribution in [1.29, 1.82) is 0 Å². The Morgan fingerprint density at radius 1 is 0.938 bits per heavy atom. The van der Waals surface area contributed by atoms with E-state index in [-0.39, 0.29) is 12.1 Å². The van der Waals surface area contributed by atoms with Gasteiger partial charge in [-0.05, 0) is 33.9 Å².